The molecule has 4 aromatic rings. The zero-order chi connectivity index (χ0) is 24.8. The predicted octanol–water partition coefficient (Wildman–Crippen LogP) is 6.55. The van der Waals surface area contributed by atoms with Crippen molar-refractivity contribution < 1.29 is 19.1 Å². The molecule has 0 unspecified atom stereocenters. The number of esters is 1. The predicted molar refractivity (Wildman–Crippen MR) is 138 cm³/mol. The summed E-state index contributed by atoms with van der Waals surface area (Å²) in [6.45, 7) is -0.332. The van der Waals surface area contributed by atoms with E-state index in [1.54, 1.807) is 48.5 Å². The first-order valence-corrected chi connectivity index (χ1v) is 11.4. The Kier molecular flexibility index (Phi) is 7.87. The van der Waals surface area contributed by atoms with E-state index in [1.807, 2.05) is 30.3 Å². The Hall–Kier alpha value is -3.58. The van der Waals surface area contributed by atoms with Crippen LogP contribution in [0.25, 0.3) is 10.8 Å². The van der Waals surface area contributed by atoms with Crippen LogP contribution in [0, 0.1) is 0 Å². The number of ether oxygens (including phenoxy) is 2. The molecule has 4 aromatic carbocycles. The molecule has 9 heteroatoms. The van der Waals surface area contributed by atoms with E-state index in [4.69, 9.17) is 44.3 Å². The molecule has 0 aliphatic carbocycles. The van der Waals surface area contributed by atoms with Crippen molar-refractivity contribution in [2.75, 3.05) is 6.61 Å². The smallest absolute Gasteiger partial charge is 0.345 e. The Balaban J connectivity index is 1.52. The van der Waals surface area contributed by atoms with Crippen LogP contribution in [-0.4, -0.2) is 24.7 Å². The van der Waals surface area contributed by atoms with Gasteiger partial charge < -0.3 is 9.47 Å². The number of nitrogens with zero attached hydrogens (tertiary/aromatic N) is 1. The van der Waals surface area contributed by atoms with Crippen molar-refractivity contribution in [1.29, 1.82) is 0 Å². The number of fused-ring (bicyclic) bond motifs is 1. The number of nitrogens with one attached hydrogen (secondary N) is 1. The van der Waals surface area contributed by atoms with Crippen LogP contribution in [0.3, 0.4) is 0 Å². The Morgan fingerprint density at radius 2 is 1.57 bits per heavy atom. The highest BCUT2D eigenvalue weighted by Gasteiger charge is 2.16. The normalized spacial score (nSPS) is 10.9. The first-order chi connectivity index (χ1) is 16.9. The molecule has 1 N–H and O–H groups in total. The van der Waals surface area contributed by atoms with Crippen molar-refractivity contribution in [2.24, 2.45) is 5.10 Å². The molecule has 35 heavy (non-hydrogen) atoms. The minimum absolute atomic E-state index is 0.214. The van der Waals surface area contributed by atoms with E-state index < -0.39 is 11.9 Å². The van der Waals surface area contributed by atoms with E-state index in [-0.39, 0.29) is 33.7 Å². The van der Waals surface area contributed by atoms with Crippen LogP contribution in [-0.2, 0) is 4.79 Å². The minimum Gasteiger partial charge on any atom is -0.482 e. The third-order valence-electron chi connectivity index (χ3n) is 4.88. The van der Waals surface area contributed by atoms with Crippen molar-refractivity contribution in [3.63, 3.8) is 0 Å². The highest BCUT2D eigenvalue weighted by Crippen LogP contribution is 2.31. The summed E-state index contributed by atoms with van der Waals surface area (Å²) in [7, 11) is 0. The second kappa shape index (κ2) is 11.2. The van der Waals surface area contributed by atoms with Crippen LogP contribution in [0.1, 0.15) is 15.9 Å². The summed E-state index contributed by atoms with van der Waals surface area (Å²) >= 11 is 18.1. The number of halogens is 3. The molecular weight excluding hydrogens is 511 g/mol. The third-order valence-corrected chi connectivity index (χ3v) is 6.02. The SMILES string of the molecule is O=C(COc1cccc(Cl)c1Cl)NN=Cc1c(OC(=O)c2ccccc2Cl)ccc2ccccc12. The number of benzene rings is 4. The monoisotopic (exact) mass is 526 g/mol. The molecule has 0 heterocycles. The molecule has 176 valence electrons. The van der Waals surface area contributed by atoms with Gasteiger partial charge >= 0.3 is 5.97 Å². The number of carbonyl (C=O) groups excluding carboxylic acids is 2. The van der Waals surface area contributed by atoms with Gasteiger partial charge in [-0.25, -0.2) is 10.2 Å². The maximum absolute atomic E-state index is 12.7. The Morgan fingerprint density at radius 1 is 0.829 bits per heavy atom. The Labute approximate surface area is 216 Å². The van der Waals surface area contributed by atoms with Crippen molar-refractivity contribution in [3.8, 4) is 11.5 Å². The lowest BCUT2D eigenvalue weighted by Gasteiger charge is -2.11. The van der Waals surface area contributed by atoms with Gasteiger partial charge in [-0.2, -0.15) is 5.10 Å². The Bertz CT molecular complexity index is 1440. The van der Waals surface area contributed by atoms with Crippen LogP contribution in [0.15, 0.2) is 84.0 Å². The molecule has 0 radical (unpaired) electrons. The topological polar surface area (TPSA) is 77.0 Å². The molecule has 0 aromatic heterocycles. The fourth-order valence-electron chi connectivity index (χ4n) is 3.22. The number of amides is 1. The molecular formula is C26H17Cl3N2O4. The fraction of sp³-hybridized carbons (Fsp3) is 0.0385. The van der Waals surface area contributed by atoms with Gasteiger partial charge in [-0.3, -0.25) is 4.79 Å². The average Bonchev–Trinajstić information content (AvgIpc) is 2.86. The van der Waals surface area contributed by atoms with Gasteiger partial charge in [0.15, 0.2) is 6.61 Å². The highest BCUT2D eigenvalue weighted by atomic mass is 35.5. The first kappa shape index (κ1) is 24.5. The lowest BCUT2D eigenvalue weighted by atomic mass is 10.0. The summed E-state index contributed by atoms with van der Waals surface area (Å²) in [6, 6.07) is 22.4. The van der Waals surface area contributed by atoms with Gasteiger partial charge in [-0.15, -0.1) is 0 Å². The summed E-state index contributed by atoms with van der Waals surface area (Å²) in [6.07, 6.45) is 1.40. The van der Waals surface area contributed by atoms with Crippen LogP contribution < -0.4 is 14.9 Å². The lowest BCUT2D eigenvalue weighted by molar-refractivity contribution is -0.123. The van der Waals surface area contributed by atoms with Crippen LogP contribution >= 0.6 is 34.8 Å². The minimum atomic E-state index is -0.614. The number of hydrogen-bond acceptors (Lipinski definition) is 5. The fourth-order valence-corrected chi connectivity index (χ4v) is 3.78. The molecule has 1 amide bonds. The molecule has 0 aliphatic rings. The van der Waals surface area contributed by atoms with Crippen molar-refractivity contribution >= 4 is 63.7 Å². The number of carbonyl (C=O) groups is 2. The van der Waals surface area contributed by atoms with Crippen LogP contribution in [0.5, 0.6) is 11.5 Å². The maximum Gasteiger partial charge on any atom is 0.345 e. The summed E-state index contributed by atoms with van der Waals surface area (Å²) in [5.74, 6) is -0.599. The van der Waals surface area contributed by atoms with E-state index in [0.717, 1.165) is 10.8 Å². The first-order valence-electron chi connectivity index (χ1n) is 10.3. The average molecular weight is 528 g/mol. The molecule has 0 fully saturated rings. The van der Waals surface area contributed by atoms with E-state index in [9.17, 15) is 9.59 Å². The molecule has 0 saturated heterocycles. The molecule has 0 atom stereocenters. The zero-order valence-electron chi connectivity index (χ0n) is 18.0. The number of rotatable bonds is 7. The standard InChI is InChI=1S/C26H17Cl3N2O4/c27-20-9-4-3-8-18(20)26(33)35-22-13-12-16-6-1-2-7-17(16)19(22)14-30-31-24(32)15-34-23-11-5-10-21(28)25(23)29/h1-14H,15H2,(H,31,32). The van der Waals surface area contributed by atoms with Gasteiger partial charge in [0.05, 0.1) is 21.8 Å². The molecule has 0 spiro atoms. The van der Waals surface area contributed by atoms with Gasteiger partial charge in [0, 0.05) is 5.56 Å². The van der Waals surface area contributed by atoms with Gasteiger partial charge in [-0.05, 0) is 41.1 Å². The van der Waals surface area contributed by atoms with E-state index >= 15 is 0 Å². The number of hydrogen-bond donors (Lipinski definition) is 1. The molecule has 6 nitrogen and oxygen atoms in total. The molecule has 0 bridgehead atoms. The quantitative estimate of drug-likeness (QED) is 0.128. The summed E-state index contributed by atoms with van der Waals surface area (Å²) in [4.78, 5) is 24.9. The van der Waals surface area contributed by atoms with Gasteiger partial charge in [0.1, 0.15) is 16.5 Å². The molecule has 0 aliphatic heterocycles. The van der Waals surface area contributed by atoms with E-state index in [0.29, 0.717) is 10.6 Å². The largest absolute Gasteiger partial charge is 0.482 e. The van der Waals surface area contributed by atoms with Gasteiger partial charge in [0.25, 0.3) is 5.91 Å². The molecule has 0 saturated carbocycles. The van der Waals surface area contributed by atoms with Crippen molar-refractivity contribution in [3.05, 3.63) is 105 Å². The highest BCUT2D eigenvalue weighted by molar-refractivity contribution is 6.42. The summed E-state index contributed by atoms with van der Waals surface area (Å²) in [5.41, 5.74) is 3.12. The second-order valence-corrected chi connectivity index (χ2v) is 8.39. The summed E-state index contributed by atoms with van der Waals surface area (Å²) in [5, 5.41) is 6.51. The lowest BCUT2D eigenvalue weighted by Crippen LogP contribution is -2.24. The van der Waals surface area contributed by atoms with Crippen LogP contribution in [0.2, 0.25) is 15.1 Å². The molecule has 4 rings (SSSR count). The summed E-state index contributed by atoms with van der Waals surface area (Å²) < 4.78 is 11.0. The van der Waals surface area contributed by atoms with Gasteiger partial charge in [-0.1, -0.05) is 83.3 Å². The van der Waals surface area contributed by atoms with Crippen molar-refractivity contribution in [2.45, 2.75) is 0 Å². The third kappa shape index (κ3) is 5.92. The van der Waals surface area contributed by atoms with Gasteiger partial charge in [0.2, 0.25) is 0 Å². The zero-order valence-corrected chi connectivity index (χ0v) is 20.3. The number of hydrazone groups is 1. The van der Waals surface area contributed by atoms with Crippen LogP contribution in [0.4, 0.5) is 0 Å². The van der Waals surface area contributed by atoms with E-state index in [1.165, 1.54) is 6.21 Å². The Morgan fingerprint density at radius 3 is 2.40 bits per heavy atom. The second-order valence-electron chi connectivity index (χ2n) is 7.20. The van der Waals surface area contributed by atoms with E-state index in [2.05, 4.69) is 10.5 Å². The van der Waals surface area contributed by atoms with Crippen molar-refractivity contribution in [1.82, 2.24) is 5.43 Å². The maximum atomic E-state index is 12.7.